The van der Waals surface area contributed by atoms with Crippen molar-refractivity contribution in [3.8, 4) is 90.0 Å². The second-order valence-electron chi connectivity index (χ2n) is 24.5. The van der Waals surface area contributed by atoms with E-state index in [9.17, 15) is 0 Å². The summed E-state index contributed by atoms with van der Waals surface area (Å²) in [7, 11) is 0. The molecule has 0 aliphatic rings. The fraction of sp³-hybridized carbons (Fsp3) is 0. The van der Waals surface area contributed by atoms with Gasteiger partial charge in [0.15, 0.2) is 0 Å². The van der Waals surface area contributed by atoms with Crippen LogP contribution >= 0.6 is 0 Å². The Balaban J connectivity index is 0.791. The molecule has 19 aromatic rings. The highest BCUT2D eigenvalue weighted by Gasteiger charge is 2.22. The molecule has 0 saturated carbocycles. The van der Waals surface area contributed by atoms with Crippen molar-refractivity contribution in [3.63, 3.8) is 0 Å². The topological polar surface area (TPSA) is 45.5 Å². The third-order valence-corrected chi connectivity index (χ3v) is 19.2. The van der Waals surface area contributed by atoms with Crippen molar-refractivity contribution in [2.24, 2.45) is 0 Å². The SMILES string of the molecule is c1ccc(-c2cccc(-c3cccc(-c4cc(-c5cccc(-n6c7ccccc7c7ccc(-c8ccc9c%10ccccc%10n(-c%10ccccc%10)c9c8)cc76)c5)nc(-n5c6ccccc6c6ccc(-c7ccc8c9ccccc9n(-c9ccccc9)c8c7)cc65)n4)c3)c2)cc1. The molecule has 14 aromatic carbocycles. The number of rotatable bonds is 10. The summed E-state index contributed by atoms with van der Waals surface area (Å²) in [5, 5.41) is 9.55. The smallest absolute Gasteiger partial charge is 0.235 e. The highest BCUT2D eigenvalue weighted by atomic mass is 15.2. The average Bonchev–Trinajstić information content (AvgIpc) is 1.63. The molecule has 6 nitrogen and oxygen atoms in total. The summed E-state index contributed by atoms with van der Waals surface area (Å²) >= 11 is 0. The summed E-state index contributed by atoms with van der Waals surface area (Å²) in [4.78, 5) is 11.4. The first-order valence-corrected chi connectivity index (χ1v) is 32.1. The van der Waals surface area contributed by atoms with Crippen LogP contribution in [-0.4, -0.2) is 28.2 Å². The van der Waals surface area contributed by atoms with Crippen LogP contribution in [0.4, 0.5) is 0 Å². The Hall–Kier alpha value is -12.6. The van der Waals surface area contributed by atoms with Crippen LogP contribution in [0.2, 0.25) is 0 Å². The number of hydrogen-bond acceptors (Lipinski definition) is 2. The summed E-state index contributed by atoms with van der Waals surface area (Å²) in [5.74, 6) is 0.585. The molecule has 0 spiro atoms. The number of aromatic nitrogens is 6. The van der Waals surface area contributed by atoms with E-state index >= 15 is 0 Å². The van der Waals surface area contributed by atoms with E-state index in [1.165, 1.54) is 60.0 Å². The van der Waals surface area contributed by atoms with Gasteiger partial charge in [-0.3, -0.25) is 4.57 Å². The van der Waals surface area contributed by atoms with Gasteiger partial charge in [0.2, 0.25) is 5.95 Å². The van der Waals surface area contributed by atoms with Crippen molar-refractivity contribution >= 4 is 87.2 Å². The molecule has 0 aliphatic heterocycles. The first-order chi connectivity index (χ1) is 46.6. The lowest BCUT2D eigenvalue weighted by Gasteiger charge is -2.14. The molecule has 19 rings (SSSR count). The van der Waals surface area contributed by atoms with Crippen molar-refractivity contribution in [3.05, 3.63) is 340 Å². The summed E-state index contributed by atoms with van der Waals surface area (Å²) in [5.41, 5.74) is 25.0. The predicted molar refractivity (Wildman–Crippen MR) is 392 cm³/mol. The summed E-state index contributed by atoms with van der Waals surface area (Å²) < 4.78 is 9.50. The first kappa shape index (κ1) is 53.2. The van der Waals surface area contributed by atoms with E-state index < -0.39 is 0 Å². The molecule has 6 heteroatoms. The maximum Gasteiger partial charge on any atom is 0.235 e. The fourth-order valence-corrected chi connectivity index (χ4v) is 14.8. The maximum absolute atomic E-state index is 5.72. The van der Waals surface area contributed by atoms with Crippen LogP contribution in [0.5, 0.6) is 0 Å². The Labute approximate surface area is 542 Å². The van der Waals surface area contributed by atoms with Gasteiger partial charge in [0, 0.05) is 71.3 Å². The standard InChI is InChI=1S/C88H56N6/c1-4-21-57(22-5-1)58-23-18-24-59(49-58)60-25-19-26-65(50-60)78-56-79(90-88(89-78)94-83-40-17-13-36-73(83)77-48-44-64(55-87(77)94)62-42-46-75-71-34-11-15-38-81(71)92(85(75)53-62)68-30-8-3-9-31-68)66-27-20-32-69(51-66)93-82-39-16-12-35-72(82)76-47-43-63(54-86(76)93)61-41-45-74-70-33-10-14-37-80(70)91(84(74)52-61)67-28-6-2-7-29-67/h1-56H. The van der Waals surface area contributed by atoms with E-state index in [1.807, 2.05) is 0 Å². The summed E-state index contributed by atoms with van der Waals surface area (Å²) in [6.45, 7) is 0. The van der Waals surface area contributed by atoms with Gasteiger partial charge in [-0.1, -0.05) is 237 Å². The van der Waals surface area contributed by atoms with Crippen LogP contribution in [0.25, 0.3) is 177 Å². The van der Waals surface area contributed by atoms with E-state index in [4.69, 9.17) is 9.97 Å². The van der Waals surface area contributed by atoms with E-state index in [0.29, 0.717) is 5.95 Å². The Morgan fingerprint density at radius 3 is 0.872 bits per heavy atom. The van der Waals surface area contributed by atoms with Gasteiger partial charge in [-0.05, 0) is 148 Å². The van der Waals surface area contributed by atoms with Gasteiger partial charge in [0.1, 0.15) is 0 Å². The monoisotopic (exact) mass is 1200 g/mol. The minimum Gasteiger partial charge on any atom is -0.309 e. The number of hydrogen-bond donors (Lipinski definition) is 0. The summed E-state index contributed by atoms with van der Waals surface area (Å²) in [6.07, 6.45) is 0. The molecule has 0 amide bonds. The number of benzene rings is 14. The average molecular weight is 1200 g/mol. The minimum absolute atomic E-state index is 0.585. The van der Waals surface area contributed by atoms with E-state index in [2.05, 4.69) is 358 Å². The largest absolute Gasteiger partial charge is 0.309 e. The van der Waals surface area contributed by atoms with E-state index in [-0.39, 0.29) is 0 Å². The molecule has 94 heavy (non-hydrogen) atoms. The molecule has 0 fully saturated rings. The molecule has 0 saturated heterocycles. The number of fused-ring (bicyclic) bond motifs is 12. The van der Waals surface area contributed by atoms with Gasteiger partial charge >= 0.3 is 0 Å². The molecule has 0 radical (unpaired) electrons. The Morgan fingerprint density at radius 1 is 0.160 bits per heavy atom. The van der Waals surface area contributed by atoms with Crippen LogP contribution in [0.1, 0.15) is 0 Å². The Bertz CT molecular complexity index is 6220. The molecule has 0 bridgehead atoms. The molecule has 5 aromatic heterocycles. The molecule has 0 atom stereocenters. The van der Waals surface area contributed by atoms with Gasteiger partial charge in [0.25, 0.3) is 0 Å². The lowest BCUT2D eigenvalue weighted by molar-refractivity contribution is 0.995. The van der Waals surface area contributed by atoms with Crippen molar-refractivity contribution < 1.29 is 0 Å². The van der Waals surface area contributed by atoms with Crippen LogP contribution in [0.15, 0.2) is 340 Å². The zero-order valence-electron chi connectivity index (χ0n) is 51.0. The number of nitrogens with zero attached hydrogens (tertiary/aromatic N) is 6. The second kappa shape index (κ2) is 21.5. The fourth-order valence-electron chi connectivity index (χ4n) is 14.8. The molecular formula is C88H56N6. The quantitative estimate of drug-likeness (QED) is 0.137. The zero-order chi connectivity index (χ0) is 61.8. The van der Waals surface area contributed by atoms with Gasteiger partial charge in [-0.15, -0.1) is 0 Å². The highest BCUT2D eigenvalue weighted by molar-refractivity contribution is 6.14. The van der Waals surface area contributed by atoms with Crippen molar-refractivity contribution in [2.45, 2.75) is 0 Å². The molecule has 0 N–H and O–H groups in total. The summed E-state index contributed by atoms with van der Waals surface area (Å²) in [6, 6.07) is 123. The van der Waals surface area contributed by atoms with Crippen LogP contribution in [0, 0.1) is 0 Å². The van der Waals surface area contributed by atoms with Gasteiger partial charge < -0.3 is 13.7 Å². The van der Waals surface area contributed by atoms with Crippen LogP contribution in [-0.2, 0) is 0 Å². The normalized spacial score (nSPS) is 11.8. The van der Waals surface area contributed by atoms with Crippen LogP contribution in [0.3, 0.4) is 0 Å². The van der Waals surface area contributed by atoms with E-state index in [1.54, 1.807) is 0 Å². The third-order valence-electron chi connectivity index (χ3n) is 19.2. The molecule has 0 unspecified atom stereocenters. The third kappa shape index (κ3) is 8.65. The van der Waals surface area contributed by atoms with Gasteiger partial charge in [-0.2, -0.15) is 0 Å². The maximum atomic E-state index is 5.72. The molecule has 438 valence electrons. The minimum atomic E-state index is 0.585. The van der Waals surface area contributed by atoms with Crippen LogP contribution < -0.4 is 0 Å². The van der Waals surface area contributed by atoms with Gasteiger partial charge in [-0.25, -0.2) is 9.97 Å². The second-order valence-corrected chi connectivity index (χ2v) is 24.5. The first-order valence-electron chi connectivity index (χ1n) is 32.1. The van der Waals surface area contributed by atoms with Crippen molar-refractivity contribution in [2.75, 3.05) is 0 Å². The zero-order valence-corrected chi connectivity index (χ0v) is 51.0. The molecule has 0 aliphatic carbocycles. The lowest BCUT2D eigenvalue weighted by atomic mass is 9.97. The predicted octanol–water partition coefficient (Wildman–Crippen LogP) is 22.9. The molecular weight excluding hydrogens is 1140 g/mol. The highest BCUT2D eigenvalue weighted by Crippen LogP contribution is 2.42. The van der Waals surface area contributed by atoms with E-state index in [0.717, 1.165) is 111 Å². The Morgan fingerprint density at radius 2 is 0.436 bits per heavy atom. The van der Waals surface area contributed by atoms with Crippen molar-refractivity contribution in [1.29, 1.82) is 0 Å². The van der Waals surface area contributed by atoms with Crippen molar-refractivity contribution in [1.82, 2.24) is 28.2 Å². The molecule has 5 heterocycles. The number of para-hydroxylation sites is 6. The van der Waals surface area contributed by atoms with Gasteiger partial charge in [0.05, 0.1) is 55.5 Å². The lowest BCUT2D eigenvalue weighted by Crippen LogP contribution is -2.04. The Kier molecular flexibility index (Phi) is 12.2.